The number of likely N-dealkylation sites (tertiary alicyclic amines) is 1. The Labute approximate surface area is 158 Å². The molecule has 1 fully saturated rings. The van der Waals surface area contributed by atoms with Gasteiger partial charge in [0.15, 0.2) is 0 Å². The first-order valence-corrected chi connectivity index (χ1v) is 9.69. The van der Waals surface area contributed by atoms with Crippen LogP contribution >= 0.6 is 11.3 Å². The topological polar surface area (TPSA) is 56.8 Å². The minimum Gasteiger partial charge on any atom is -0.367 e. The first-order valence-electron chi connectivity index (χ1n) is 8.87. The minimum absolute atomic E-state index is 0.261. The molecule has 27 heavy (non-hydrogen) atoms. The zero-order chi connectivity index (χ0) is 18.9. The number of alkyl halides is 3. The van der Waals surface area contributed by atoms with Gasteiger partial charge >= 0.3 is 6.18 Å². The normalized spacial score (nSPS) is 16.9. The number of halogens is 3. The summed E-state index contributed by atoms with van der Waals surface area (Å²) in [5.41, 5.74) is 1.27. The smallest absolute Gasteiger partial charge is 0.367 e. The van der Waals surface area contributed by atoms with E-state index in [1.165, 1.54) is 11.9 Å². The van der Waals surface area contributed by atoms with Crippen LogP contribution in [-0.2, 0) is 13.0 Å². The summed E-state index contributed by atoms with van der Waals surface area (Å²) < 4.78 is 38.0. The molecule has 144 valence electrons. The molecule has 1 aliphatic rings. The van der Waals surface area contributed by atoms with E-state index in [2.05, 4.69) is 31.2 Å². The molecule has 4 heterocycles. The van der Waals surface area contributed by atoms with Crippen molar-refractivity contribution in [2.75, 3.05) is 18.4 Å². The summed E-state index contributed by atoms with van der Waals surface area (Å²) in [7, 11) is 0. The van der Waals surface area contributed by atoms with E-state index in [0.29, 0.717) is 16.0 Å². The number of H-pyrrole nitrogens is 1. The molecule has 2 N–H and O–H groups in total. The number of anilines is 1. The maximum atomic E-state index is 12.7. The Bertz CT molecular complexity index is 882. The van der Waals surface area contributed by atoms with E-state index >= 15 is 0 Å². The van der Waals surface area contributed by atoms with Gasteiger partial charge < -0.3 is 10.3 Å². The highest BCUT2D eigenvalue weighted by Crippen LogP contribution is 2.33. The fourth-order valence-electron chi connectivity index (χ4n) is 3.45. The van der Waals surface area contributed by atoms with Gasteiger partial charge in [0.1, 0.15) is 17.0 Å². The Balaban J connectivity index is 1.40. The summed E-state index contributed by atoms with van der Waals surface area (Å²) >= 11 is 1.08. The predicted molar refractivity (Wildman–Crippen MR) is 99.9 cm³/mol. The summed E-state index contributed by atoms with van der Waals surface area (Å²) in [5.74, 6) is 0.633. The number of hydrogen-bond donors (Lipinski definition) is 2. The lowest BCUT2D eigenvalue weighted by Gasteiger charge is -2.32. The number of nitrogens with one attached hydrogen (secondary N) is 2. The summed E-state index contributed by atoms with van der Waals surface area (Å²) in [6.07, 6.45) is 2.15. The van der Waals surface area contributed by atoms with Gasteiger partial charge in [0.2, 0.25) is 0 Å². The molecular formula is C18H20F3N5S. The quantitative estimate of drug-likeness (QED) is 0.680. The Morgan fingerprint density at radius 2 is 2.07 bits per heavy atom. The van der Waals surface area contributed by atoms with Gasteiger partial charge in [0, 0.05) is 42.9 Å². The number of piperidine rings is 1. The molecule has 0 radical (unpaired) electrons. The maximum absolute atomic E-state index is 12.7. The van der Waals surface area contributed by atoms with Crippen LogP contribution in [0, 0.1) is 0 Å². The Morgan fingerprint density at radius 3 is 2.78 bits per heavy atom. The van der Waals surface area contributed by atoms with Crippen LogP contribution in [0.4, 0.5) is 19.0 Å². The van der Waals surface area contributed by atoms with Gasteiger partial charge in [-0.05, 0) is 30.5 Å². The average Bonchev–Trinajstić information content (AvgIpc) is 3.25. The third kappa shape index (κ3) is 4.59. The molecule has 3 aromatic heterocycles. The zero-order valence-electron chi connectivity index (χ0n) is 14.6. The number of aromatic amines is 1. The van der Waals surface area contributed by atoms with Crippen molar-refractivity contribution in [1.29, 1.82) is 0 Å². The number of nitrogens with zero attached hydrogens (tertiary/aromatic N) is 3. The van der Waals surface area contributed by atoms with Crippen molar-refractivity contribution in [1.82, 2.24) is 19.9 Å². The average molecular weight is 395 g/mol. The van der Waals surface area contributed by atoms with Crippen LogP contribution < -0.4 is 5.32 Å². The molecule has 1 saturated heterocycles. The second-order valence-corrected chi connectivity index (χ2v) is 7.97. The van der Waals surface area contributed by atoms with Crippen LogP contribution in [0.5, 0.6) is 0 Å². The SMILES string of the molecule is FC(F)(F)Cc1cc2c(NC3CCN(Cc4cc[nH]c4)CC3)ncnc2s1. The van der Waals surface area contributed by atoms with Gasteiger partial charge in [-0.25, -0.2) is 9.97 Å². The summed E-state index contributed by atoms with van der Waals surface area (Å²) in [6.45, 7) is 2.87. The van der Waals surface area contributed by atoms with Gasteiger partial charge in [-0.3, -0.25) is 4.90 Å². The predicted octanol–water partition coefficient (Wildman–Crippen LogP) is 4.20. The highest BCUT2D eigenvalue weighted by atomic mass is 32.1. The van der Waals surface area contributed by atoms with E-state index in [9.17, 15) is 13.2 Å². The molecule has 0 bridgehead atoms. The highest BCUT2D eigenvalue weighted by Gasteiger charge is 2.29. The zero-order valence-corrected chi connectivity index (χ0v) is 15.4. The van der Waals surface area contributed by atoms with E-state index in [1.807, 2.05) is 12.4 Å². The Kier molecular flexibility index (Phi) is 5.05. The van der Waals surface area contributed by atoms with E-state index in [4.69, 9.17) is 0 Å². The van der Waals surface area contributed by atoms with E-state index in [1.54, 1.807) is 6.07 Å². The van der Waals surface area contributed by atoms with Crippen molar-refractivity contribution < 1.29 is 13.2 Å². The van der Waals surface area contributed by atoms with E-state index < -0.39 is 12.6 Å². The van der Waals surface area contributed by atoms with Crippen molar-refractivity contribution in [2.24, 2.45) is 0 Å². The Morgan fingerprint density at radius 1 is 1.26 bits per heavy atom. The van der Waals surface area contributed by atoms with Crippen LogP contribution in [-0.4, -0.2) is 45.2 Å². The minimum atomic E-state index is -4.21. The maximum Gasteiger partial charge on any atom is 0.393 e. The number of rotatable bonds is 5. The lowest BCUT2D eigenvalue weighted by Crippen LogP contribution is -2.38. The molecule has 1 aliphatic heterocycles. The Hall–Kier alpha value is -2.13. The van der Waals surface area contributed by atoms with Crippen molar-refractivity contribution in [2.45, 2.75) is 38.0 Å². The largest absolute Gasteiger partial charge is 0.393 e. The second-order valence-electron chi connectivity index (χ2n) is 6.86. The molecule has 0 spiro atoms. The standard InChI is InChI=1S/C18H20F3N5S/c19-18(20,21)8-14-7-15-16(23-11-24-17(15)27-14)25-13-2-5-26(6-3-13)10-12-1-4-22-9-12/h1,4,7,9,11,13,22H,2-3,5-6,8,10H2,(H,23,24,25). The third-order valence-electron chi connectivity index (χ3n) is 4.75. The number of hydrogen-bond acceptors (Lipinski definition) is 5. The summed E-state index contributed by atoms with van der Waals surface area (Å²) in [5, 5.41) is 4.10. The fourth-order valence-corrected chi connectivity index (χ4v) is 4.48. The monoisotopic (exact) mass is 395 g/mol. The number of aromatic nitrogens is 3. The van der Waals surface area contributed by atoms with Crippen LogP contribution in [0.2, 0.25) is 0 Å². The molecule has 4 rings (SSSR count). The number of fused-ring (bicyclic) bond motifs is 1. The molecule has 0 unspecified atom stereocenters. The first kappa shape index (κ1) is 18.2. The van der Waals surface area contributed by atoms with Crippen molar-refractivity contribution >= 4 is 27.4 Å². The molecule has 0 aromatic carbocycles. The van der Waals surface area contributed by atoms with Gasteiger partial charge in [-0.1, -0.05) is 0 Å². The van der Waals surface area contributed by atoms with Crippen molar-refractivity contribution in [3.63, 3.8) is 0 Å². The van der Waals surface area contributed by atoms with Gasteiger partial charge in [0.05, 0.1) is 11.8 Å². The molecular weight excluding hydrogens is 375 g/mol. The molecule has 0 saturated carbocycles. The van der Waals surface area contributed by atoms with Crippen LogP contribution in [0.25, 0.3) is 10.2 Å². The van der Waals surface area contributed by atoms with E-state index in [0.717, 1.165) is 43.8 Å². The molecule has 9 heteroatoms. The third-order valence-corrected chi connectivity index (χ3v) is 5.80. The fraction of sp³-hybridized carbons (Fsp3) is 0.444. The van der Waals surface area contributed by atoms with Crippen molar-refractivity contribution in [3.05, 3.63) is 41.3 Å². The highest BCUT2D eigenvalue weighted by molar-refractivity contribution is 7.18. The summed E-state index contributed by atoms with van der Waals surface area (Å²) in [6, 6.07) is 3.91. The van der Waals surface area contributed by atoms with E-state index in [-0.39, 0.29) is 10.9 Å². The van der Waals surface area contributed by atoms with Gasteiger partial charge in [-0.15, -0.1) is 11.3 Å². The van der Waals surface area contributed by atoms with Gasteiger partial charge in [-0.2, -0.15) is 13.2 Å². The second kappa shape index (κ2) is 7.47. The molecule has 0 aliphatic carbocycles. The van der Waals surface area contributed by atoms with Crippen molar-refractivity contribution in [3.8, 4) is 0 Å². The first-order chi connectivity index (χ1) is 13.0. The van der Waals surface area contributed by atoms with Gasteiger partial charge in [0.25, 0.3) is 0 Å². The molecule has 3 aromatic rings. The summed E-state index contributed by atoms with van der Waals surface area (Å²) in [4.78, 5) is 14.7. The lowest BCUT2D eigenvalue weighted by atomic mass is 10.0. The number of thiophene rings is 1. The molecule has 0 atom stereocenters. The lowest BCUT2D eigenvalue weighted by molar-refractivity contribution is -0.126. The molecule has 0 amide bonds. The van der Waals surface area contributed by atoms with Crippen LogP contribution in [0.3, 0.4) is 0 Å². The van der Waals surface area contributed by atoms with Crippen LogP contribution in [0.1, 0.15) is 23.3 Å². The molecule has 5 nitrogen and oxygen atoms in total. The van der Waals surface area contributed by atoms with Crippen LogP contribution in [0.15, 0.2) is 30.9 Å².